The second-order valence-electron chi connectivity index (χ2n) is 7.21. The van der Waals surface area contributed by atoms with E-state index in [4.69, 9.17) is 11.6 Å². The number of rotatable bonds is 7. The monoisotopic (exact) mass is 468 g/mol. The summed E-state index contributed by atoms with van der Waals surface area (Å²) in [6.45, 7) is -2.58. The molecule has 3 aromatic carbocycles. The van der Waals surface area contributed by atoms with Crippen molar-refractivity contribution < 1.29 is 18.4 Å². The molecule has 0 radical (unpaired) electrons. The Morgan fingerprint density at radius 1 is 0.970 bits per heavy atom. The van der Waals surface area contributed by atoms with E-state index in [0.29, 0.717) is 32.9 Å². The number of alkyl halides is 2. The maximum atomic E-state index is 13.7. The Morgan fingerprint density at radius 2 is 1.67 bits per heavy atom. The molecule has 0 fully saturated rings. The van der Waals surface area contributed by atoms with Crippen molar-refractivity contribution in [3.63, 3.8) is 0 Å². The summed E-state index contributed by atoms with van der Waals surface area (Å²) in [6, 6.07) is 19.6. The highest BCUT2D eigenvalue weighted by molar-refractivity contribution is 6.30. The lowest BCUT2D eigenvalue weighted by Crippen LogP contribution is -2.27. The van der Waals surface area contributed by atoms with Crippen LogP contribution in [-0.2, 0) is 4.79 Å². The summed E-state index contributed by atoms with van der Waals surface area (Å²) >= 11 is 5.80. The predicted molar refractivity (Wildman–Crippen MR) is 123 cm³/mol. The molecule has 168 valence electrons. The van der Waals surface area contributed by atoms with Crippen molar-refractivity contribution in [2.45, 2.75) is 13.0 Å². The van der Waals surface area contributed by atoms with Crippen LogP contribution in [0.2, 0.25) is 5.02 Å². The lowest BCUT2D eigenvalue weighted by molar-refractivity contribution is -0.116. The standard InChI is InChI=1S/C24H19ClF2N4O2/c25-17-9-5-16(6-10-17)23(33)28-14-13-21(32)29-18-11-7-15(8-12-18)22-30-19-3-1-2-4-20(19)31(22)24(26)27/h1-12,24H,13-14H2,(H,28,33)(H,29,32). The van der Waals surface area contributed by atoms with E-state index in [9.17, 15) is 18.4 Å². The van der Waals surface area contributed by atoms with Gasteiger partial charge in [0.15, 0.2) is 0 Å². The molecule has 0 atom stereocenters. The van der Waals surface area contributed by atoms with Crippen LogP contribution < -0.4 is 10.6 Å². The van der Waals surface area contributed by atoms with Crippen LogP contribution in [0.4, 0.5) is 14.5 Å². The molecule has 0 saturated carbocycles. The van der Waals surface area contributed by atoms with Gasteiger partial charge in [0.25, 0.3) is 5.91 Å². The minimum absolute atomic E-state index is 0.0717. The van der Waals surface area contributed by atoms with Crippen molar-refractivity contribution in [3.05, 3.63) is 83.4 Å². The van der Waals surface area contributed by atoms with E-state index < -0.39 is 6.55 Å². The van der Waals surface area contributed by atoms with Gasteiger partial charge in [-0.05, 0) is 60.7 Å². The minimum Gasteiger partial charge on any atom is -0.352 e. The number of benzene rings is 3. The number of fused-ring (bicyclic) bond motifs is 1. The van der Waals surface area contributed by atoms with Gasteiger partial charge < -0.3 is 10.6 Å². The summed E-state index contributed by atoms with van der Waals surface area (Å²) in [7, 11) is 0. The van der Waals surface area contributed by atoms with Crippen molar-refractivity contribution in [2.75, 3.05) is 11.9 Å². The van der Waals surface area contributed by atoms with Gasteiger partial charge in [-0.25, -0.2) is 4.98 Å². The van der Waals surface area contributed by atoms with E-state index in [2.05, 4.69) is 15.6 Å². The molecule has 2 N–H and O–H groups in total. The first-order valence-corrected chi connectivity index (χ1v) is 10.5. The summed E-state index contributed by atoms with van der Waals surface area (Å²) in [4.78, 5) is 28.6. The third-order valence-electron chi connectivity index (χ3n) is 4.96. The quantitative estimate of drug-likeness (QED) is 0.375. The molecule has 0 bridgehead atoms. The predicted octanol–water partition coefficient (Wildman–Crippen LogP) is 5.51. The Kier molecular flexibility index (Phi) is 6.65. The number of hydrogen-bond donors (Lipinski definition) is 2. The van der Waals surface area contributed by atoms with E-state index >= 15 is 0 Å². The molecule has 1 heterocycles. The fraction of sp³-hybridized carbons (Fsp3) is 0.125. The maximum absolute atomic E-state index is 13.7. The van der Waals surface area contributed by atoms with Crippen LogP contribution in [0, 0.1) is 0 Å². The zero-order chi connectivity index (χ0) is 23.4. The lowest BCUT2D eigenvalue weighted by Gasteiger charge is -2.10. The number of amides is 2. The van der Waals surface area contributed by atoms with Crippen molar-refractivity contribution in [1.29, 1.82) is 0 Å². The second kappa shape index (κ2) is 9.79. The molecule has 0 aliphatic carbocycles. The fourth-order valence-corrected chi connectivity index (χ4v) is 3.49. The van der Waals surface area contributed by atoms with Crippen LogP contribution in [0.1, 0.15) is 23.3 Å². The Morgan fingerprint density at radius 3 is 2.36 bits per heavy atom. The minimum atomic E-state index is -2.74. The molecule has 0 aliphatic rings. The number of carbonyl (C=O) groups is 2. The molecule has 0 aliphatic heterocycles. The molecular formula is C24H19ClF2N4O2. The number of halogens is 3. The largest absolute Gasteiger partial charge is 0.352 e. The normalized spacial score (nSPS) is 11.0. The average Bonchev–Trinajstić information content (AvgIpc) is 3.20. The fourth-order valence-electron chi connectivity index (χ4n) is 3.36. The highest BCUT2D eigenvalue weighted by atomic mass is 35.5. The molecule has 1 aromatic heterocycles. The van der Waals surface area contributed by atoms with Crippen molar-refractivity contribution in [1.82, 2.24) is 14.9 Å². The summed E-state index contributed by atoms with van der Waals surface area (Å²) in [6.07, 6.45) is 0.0717. The van der Waals surface area contributed by atoms with Crippen molar-refractivity contribution in [2.24, 2.45) is 0 Å². The van der Waals surface area contributed by atoms with Gasteiger partial charge in [0.05, 0.1) is 11.0 Å². The maximum Gasteiger partial charge on any atom is 0.320 e. The molecule has 0 unspecified atom stereocenters. The van der Waals surface area contributed by atoms with E-state index in [1.165, 1.54) is 0 Å². The second-order valence-corrected chi connectivity index (χ2v) is 7.65. The zero-order valence-corrected chi connectivity index (χ0v) is 18.0. The van der Waals surface area contributed by atoms with Gasteiger partial charge >= 0.3 is 6.55 Å². The molecule has 6 nitrogen and oxygen atoms in total. The number of nitrogens with zero attached hydrogens (tertiary/aromatic N) is 2. The Balaban J connectivity index is 1.36. The Bertz CT molecular complexity index is 1290. The first-order chi connectivity index (χ1) is 15.9. The number of aromatic nitrogens is 2. The van der Waals surface area contributed by atoms with Gasteiger partial charge in [0, 0.05) is 34.8 Å². The molecular weight excluding hydrogens is 450 g/mol. The first-order valence-electron chi connectivity index (χ1n) is 10.1. The number of anilines is 1. The van der Waals surface area contributed by atoms with Crippen LogP contribution >= 0.6 is 11.6 Å². The Hall–Kier alpha value is -3.78. The van der Waals surface area contributed by atoms with Gasteiger partial charge in [0.1, 0.15) is 5.82 Å². The number of para-hydroxylation sites is 2. The average molecular weight is 469 g/mol. The summed E-state index contributed by atoms with van der Waals surface area (Å²) in [5, 5.41) is 5.92. The summed E-state index contributed by atoms with van der Waals surface area (Å²) < 4.78 is 28.2. The van der Waals surface area contributed by atoms with Crippen molar-refractivity contribution in [3.8, 4) is 11.4 Å². The van der Waals surface area contributed by atoms with E-state index in [1.54, 1.807) is 72.8 Å². The summed E-state index contributed by atoms with van der Waals surface area (Å²) in [5.41, 5.74) is 2.28. The van der Waals surface area contributed by atoms with Crippen LogP contribution in [0.5, 0.6) is 0 Å². The molecule has 4 aromatic rings. The third-order valence-corrected chi connectivity index (χ3v) is 5.21. The van der Waals surface area contributed by atoms with E-state index in [1.807, 2.05) is 0 Å². The van der Waals surface area contributed by atoms with Crippen LogP contribution in [0.3, 0.4) is 0 Å². The smallest absolute Gasteiger partial charge is 0.320 e. The van der Waals surface area contributed by atoms with Crippen molar-refractivity contribution >= 4 is 40.1 Å². The number of nitrogens with one attached hydrogen (secondary N) is 2. The number of hydrogen-bond acceptors (Lipinski definition) is 3. The third kappa shape index (κ3) is 5.18. The van der Waals surface area contributed by atoms with E-state index in [-0.39, 0.29) is 30.6 Å². The lowest BCUT2D eigenvalue weighted by atomic mass is 10.2. The van der Waals surface area contributed by atoms with Crippen LogP contribution in [0.25, 0.3) is 22.4 Å². The van der Waals surface area contributed by atoms with E-state index in [0.717, 1.165) is 4.57 Å². The SMILES string of the molecule is O=C(CCNC(=O)c1ccc(Cl)cc1)Nc1ccc(-c2nc3ccccc3n2C(F)F)cc1. The molecule has 33 heavy (non-hydrogen) atoms. The first kappa shape index (κ1) is 22.4. The van der Waals surface area contributed by atoms with Gasteiger partial charge in [-0.1, -0.05) is 23.7 Å². The highest BCUT2D eigenvalue weighted by Crippen LogP contribution is 2.30. The molecule has 4 rings (SSSR count). The van der Waals surface area contributed by atoms with Gasteiger partial charge in [-0.3, -0.25) is 14.2 Å². The van der Waals surface area contributed by atoms with Gasteiger partial charge in [-0.15, -0.1) is 0 Å². The van der Waals surface area contributed by atoms with Crippen LogP contribution in [0.15, 0.2) is 72.8 Å². The topological polar surface area (TPSA) is 76.0 Å². The van der Waals surface area contributed by atoms with Gasteiger partial charge in [0.2, 0.25) is 5.91 Å². The number of carbonyl (C=O) groups excluding carboxylic acids is 2. The number of imidazole rings is 1. The van der Waals surface area contributed by atoms with Gasteiger partial charge in [-0.2, -0.15) is 8.78 Å². The zero-order valence-electron chi connectivity index (χ0n) is 17.3. The summed E-state index contributed by atoms with van der Waals surface area (Å²) in [5.74, 6) is -0.446. The molecule has 9 heteroatoms. The molecule has 0 spiro atoms. The Labute approximate surface area is 193 Å². The highest BCUT2D eigenvalue weighted by Gasteiger charge is 2.18. The molecule has 2 amide bonds. The van der Waals surface area contributed by atoms with Crippen LogP contribution in [-0.4, -0.2) is 27.9 Å². The molecule has 0 saturated heterocycles.